The summed E-state index contributed by atoms with van der Waals surface area (Å²) in [5.41, 5.74) is 3.53. The second-order valence-corrected chi connectivity index (χ2v) is 6.40. The van der Waals surface area contributed by atoms with E-state index in [0.29, 0.717) is 5.57 Å². The number of nitro groups is 1. The quantitative estimate of drug-likeness (QED) is 0.475. The predicted octanol–water partition coefficient (Wildman–Crippen LogP) is 3.52. The Labute approximate surface area is 140 Å². The van der Waals surface area contributed by atoms with Crippen molar-refractivity contribution >= 4 is 11.5 Å². The van der Waals surface area contributed by atoms with Gasteiger partial charge in [0.05, 0.1) is 11.0 Å². The summed E-state index contributed by atoms with van der Waals surface area (Å²) >= 11 is 0. The minimum absolute atomic E-state index is 0.175. The van der Waals surface area contributed by atoms with E-state index in [0.717, 1.165) is 17.5 Å². The Hall–Kier alpha value is -2.95. The smallest absolute Gasteiger partial charge is 0.273 e. The molecule has 0 unspecified atom stereocenters. The minimum Gasteiger partial charge on any atom is -0.347 e. The van der Waals surface area contributed by atoms with Gasteiger partial charge in [-0.25, -0.2) is 0 Å². The lowest BCUT2D eigenvalue weighted by molar-refractivity contribution is -0.419. The van der Waals surface area contributed by atoms with Gasteiger partial charge in [0.1, 0.15) is 0 Å². The molecule has 0 saturated heterocycles. The fourth-order valence-electron chi connectivity index (χ4n) is 3.24. The molecule has 0 amide bonds. The van der Waals surface area contributed by atoms with Crippen LogP contribution in [0.1, 0.15) is 19.4 Å². The molecule has 0 spiro atoms. The number of hydrogen-bond acceptors (Lipinski definition) is 4. The number of anilines is 1. The van der Waals surface area contributed by atoms with E-state index >= 15 is 0 Å². The zero-order valence-corrected chi connectivity index (χ0v) is 13.8. The van der Waals surface area contributed by atoms with Gasteiger partial charge in [-0.15, -0.1) is 0 Å². The predicted molar refractivity (Wildman–Crippen MR) is 93.3 cm³/mol. The molecule has 3 rings (SSSR count). The van der Waals surface area contributed by atoms with Gasteiger partial charge >= 0.3 is 0 Å². The van der Waals surface area contributed by atoms with Crippen LogP contribution in [0.25, 0.3) is 0 Å². The van der Waals surface area contributed by atoms with Gasteiger partial charge in [-0.1, -0.05) is 32.0 Å². The lowest BCUT2D eigenvalue weighted by Gasteiger charge is -2.23. The van der Waals surface area contributed by atoms with Crippen LogP contribution in [0.4, 0.5) is 5.69 Å². The van der Waals surface area contributed by atoms with E-state index in [1.54, 1.807) is 6.08 Å². The third-order valence-corrected chi connectivity index (χ3v) is 4.57. The molecule has 0 bridgehead atoms. The van der Waals surface area contributed by atoms with E-state index in [1.807, 2.05) is 25.3 Å². The Balaban J connectivity index is 1.95. The summed E-state index contributed by atoms with van der Waals surface area (Å²) < 4.78 is 0. The monoisotopic (exact) mass is 322 g/mol. The number of benzene rings is 1. The Bertz CT molecular complexity index is 857. The van der Waals surface area contributed by atoms with Crippen molar-refractivity contribution in [2.24, 2.45) is 0 Å². The van der Waals surface area contributed by atoms with Crippen molar-refractivity contribution in [2.45, 2.75) is 19.3 Å². The van der Waals surface area contributed by atoms with Crippen LogP contribution >= 0.6 is 0 Å². The molecule has 0 atom stereocenters. The van der Waals surface area contributed by atoms with Crippen LogP contribution in [-0.2, 0) is 10.2 Å². The number of likely N-dealkylation sites (N-methyl/N-ethyl adjacent to an activating group) is 1. The summed E-state index contributed by atoms with van der Waals surface area (Å²) in [5, 5.41) is 10.7. The fourth-order valence-corrected chi connectivity index (χ4v) is 3.24. The molecule has 0 aromatic heterocycles. The van der Waals surface area contributed by atoms with Crippen LogP contribution in [0.2, 0.25) is 0 Å². The molecular formula is C19H18N2O3. The minimum atomic E-state index is -0.561. The largest absolute Gasteiger partial charge is 0.347 e. The fraction of sp³-hybridized carbons (Fsp3) is 0.211. The molecule has 122 valence electrons. The van der Waals surface area contributed by atoms with Gasteiger partial charge in [0.2, 0.25) is 0 Å². The van der Waals surface area contributed by atoms with Crippen molar-refractivity contribution in [1.29, 1.82) is 0 Å². The Morgan fingerprint density at radius 3 is 2.50 bits per heavy atom. The molecule has 0 saturated carbocycles. The molecular weight excluding hydrogens is 304 g/mol. The number of ketones is 1. The highest BCUT2D eigenvalue weighted by atomic mass is 16.6. The number of carbonyl (C=O) groups excluding carboxylic acids is 1. The number of para-hydroxylation sites is 1. The lowest BCUT2D eigenvalue weighted by Crippen LogP contribution is -2.22. The average molecular weight is 322 g/mol. The summed E-state index contributed by atoms with van der Waals surface area (Å²) in [6.45, 7) is 4.28. The Morgan fingerprint density at radius 2 is 1.88 bits per heavy atom. The van der Waals surface area contributed by atoms with Gasteiger partial charge in [-0.3, -0.25) is 14.9 Å². The van der Waals surface area contributed by atoms with E-state index in [4.69, 9.17) is 0 Å². The molecule has 1 heterocycles. The Kier molecular flexibility index (Phi) is 3.72. The van der Waals surface area contributed by atoms with E-state index < -0.39 is 4.92 Å². The zero-order chi connectivity index (χ0) is 17.5. The molecule has 1 aromatic rings. The highest BCUT2D eigenvalue weighted by Gasteiger charge is 2.37. The van der Waals surface area contributed by atoms with Gasteiger partial charge in [0.15, 0.2) is 5.78 Å². The van der Waals surface area contributed by atoms with Crippen LogP contribution in [-0.4, -0.2) is 17.8 Å². The molecule has 1 aliphatic heterocycles. The normalized spacial score (nSPS) is 22.0. The van der Waals surface area contributed by atoms with Crippen molar-refractivity contribution in [3.8, 4) is 0 Å². The van der Waals surface area contributed by atoms with E-state index in [-0.39, 0.29) is 16.9 Å². The number of rotatable bonds is 2. The van der Waals surface area contributed by atoms with Crippen LogP contribution in [0.3, 0.4) is 0 Å². The molecule has 5 nitrogen and oxygen atoms in total. The molecule has 24 heavy (non-hydrogen) atoms. The number of nitrogens with zero attached hydrogens (tertiary/aromatic N) is 2. The molecule has 5 heteroatoms. The third-order valence-electron chi connectivity index (χ3n) is 4.57. The standard InChI is InChI=1S/C19H18N2O3/c1-19(2)15-6-4-5-7-16(15)20(3)18(19)11-9-13-8-10-14(21(23)24)12-17(13)22/h4-12H,1-3H3/b13-9+,18-11-. The number of fused-ring (bicyclic) bond motifs is 1. The molecule has 1 aliphatic carbocycles. The van der Waals surface area contributed by atoms with Crippen molar-refractivity contribution in [3.05, 3.63) is 87.3 Å². The first kappa shape index (κ1) is 15.9. The lowest BCUT2D eigenvalue weighted by atomic mass is 9.83. The van der Waals surface area contributed by atoms with Crippen LogP contribution < -0.4 is 4.90 Å². The number of allylic oxidation sites excluding steroid dienone is 7. The number of carbonyl (C=O) groups is 1. The third kappa shape index (κ3) is 2.48. The summed E-state index contributed by atoms with van der Waals surface area (Å²) in [4.78, 5) is 24.3. The van der Waals surface area contributed by atoms with Gasteiger partial charge in [0, 0.05) is 35.5 Å². The van der Waals surface area contributed by atoms with E-state index in [2.05, 4.69) is 30.9 Å². The molecule has 2 aliphatic rings. The first-order valence-electron chi connectivity index (χ1n) is 7.66. The maximum absolute atomic E-state index is 12.0. The Morgan fingerprint density at radius 1 is 1.17 bits per heavy atom. The van der Waals surface area contributed by atoms with Gasteiger partial charge in [-0.05, 0) is 29.9 Å². The highest BCUT2D eigenvalue weighted by molar-refractivity contribution is 6.08. The molecule has 1 aromatic carbocycles. The van der Waals surface area contributed by atoms with Crippen LogP contribution in [0.15, 0.2) is 71.6 Å². The van der Waals surface area contributed by atoms with E-state index in [9.17, 15) is 14.9 Å². The first-order chi connectivity index (χ1) is 11.3. The summed E-state index contributed by atoms with van der Waals surface area (Å²) in [6, 6.07) is 8.21. The van der Waals surface area contributed by atoms with Crippen LogP contribution in [0, 0.1) is 10.1 Å². The average Bonchev–Trinajstić information content (AvgIpc) is 2.74. The highest BCUT2D eigenvalue weighted by Crippen LogP contribution is 2.46. The van der Waals surface area contributed by atoms with Crippen molar-refractivity contribution in [1.82, 2.24) is 0 Å². The maximum atomic E-state index is 12.0. The molecule has 0 radical (unpaired) electrons. The summed E-state index contributed by atoms with van der Waals surface area (Å²) in [7, 11) is 2.00. The van der Waals surface area contributed by atoms with Crippen molar-refractivity contribution in [3.63, 3.8) is 0 Å². The van der Waals surface area contributed by atoms with Gasteiger partial charge in [0.25, 0.3) is 5.70 Å². The SMILES string of the molecule is CN1/C(=C\C=C2/C=CC([N+](=O)[O-])=CC2=O)C(C)(C)c2ccccc21. The van der Waals surface area contributed by atoms with Crippen molar-refractivity contribution in [2.75, 3.05) is 11.9 Å². The molecule has 0 N–H and O–H groups in total. The van der Waals surface area contributed by atoms with Crippen LogP contribution in [0.5, 0.6) is 0 Å². The van der Waals surface area contributed by atoms with Crippen molar-refractivity contribution < 1.29 is 9.72 Å². The topological polar surface area (TPSA) is 63.4 Å². The molecule has 0 fully saturated rings. The first-order valence-corrected chi connectivity index (χ1v) is 7.66. The summed E-state index contributed by atoms with van der Waals surface area (Å²) in [5.74, 6) is -0.350. The van der Waals surface area contributed by atoms with Gasteiger partial charge < -0.3 is 4.90 Å². The number of hydrogen-bond donors (Lipinski definition) is 0. The van der Waals surface area contributed by atoms with Gasteiger partial charge in [-0.2, -0.15) is 0 Å². The maximum Gasteiger partial charge on any atom is 0.273 e. The zero-order valence-electron chi connectivity index (χ0n) is 13.8. The van der Waals surface area contributed by atoms with E-state index in [1.165, 1.54) is 17.7 Å². The summed E-state index contributed by atoms with van der Waals surface area (Å²) in [6.07, 6.45) is 7.55. The second-order valence-electron chi connectivity index (χ2n) is 6.40. The second kappa shape index (κ2) is 5.60.